The number of hydrogen-bond donors (Lipinski definition) is 0. The molecule has 0 atom stereocenters. The number of alkyl halides is 1. The highest BCUT2D eigenvalue weighted by atomic mass is 79.9. The van der Waals surface area contributed by atoms with E-state index in [0.29, 0.717) is 11.0 Å². The van der Waals surface area contributed by atoms with E-state index in [1.165, 1.54) is 12.1 Å². The monoisotopic (exact) mass is 383 g/mol. The third-order valence-corrected chi connectivity index (χ3v) is 4.65. The van der Waals surface area contributed by atoms with Crippen LogP contribution in [0.25, 0.3) is 0 Å². The van der Waals surface area contributed by atoms with Crippen LogP contribution in [0.4, 0.5) is 5.69 Å². The Balaban J connectivity index is 2.06. The third kappa shape index (κ3) is 2.37. The van der Waals surface area contributed by atoms with Crippen LogP contribution in [0.1, 0.15) is 26.3 Å². The minimum atomic E-state index is -0.389. The highest BCUT2D eigenvalue weighted by molar-refractivity contribution is 9.08. The molecule has 0 fully saturated rings. The Kier molecular flexibility index (Phi) is 3.78. The molecule has 1 aliphatic rings. The van der Waals surface area contributed by atoms with Gasteiger partial charge in [-0.2, -0.15) is 0 Å². The van der Waals surface area contributed by atoms with Crippen molar-refractivity contribution in [3.05, 3.63) is 63.1 Å². The van der Waals surface area contributed by atoms with E-state index in [0.717, 1.165) is 10.5 Å². The third-order valence-electron chi connectivity index (χ3n) is 3.28. The summed E-state index contributed by atoms with van der Waals surface area (Å²) in [6, 6.07) is 10.1. The zero-order valence-electron chi connectivity index (χ0n) is 10.6. The maximum atomic E-state index is 12.4. The normalized spacial score (nSPS) is 13.8. The zero-order valence-corrected chi connectivity index (χ0v) is 13.7. The van der Waals surface area contributed by atoms with E-state index < -0.39 is 0 Å². The summed E-state index contributed by atoms with van der Waals surface area (Å²) in [4.78, 5) is 26.0. The first-order chi connectivity index (χ1) is 10.0. The molecular formula is C15H8BrCl2NO2. The summed E-state index contributed by atoms with van der Waals surface area (Å²) in [5.74, 6) is -0.777. The fourth-order valence-electron chi connectivity index (χ4n) is 2.20. The Morgan fingerprint density at radius 1 is 0.905 bits per heavy atom. The van der Waals surface area contributed by atoms with Crippen LogP contribution >= 0.6 is 39.1 Å². The van der Waals surface area contributed by atoms with Gasteiger partial charge in [-0.3, -0.25) is 9.59 Å². The van der Waals surface area contributed by atoms with Gasteiger partial charge in [0.1, 0.15) is 0 Å². The Morgan fingerprint density at radius 2 is 1.38 bits per heavy atom. The summed E-state index contributed by atoms with van der Waals surface area (Å²) < 4.78 is 0. The van der Waals surface area contributed by atoms with Crippen molar-refractivity contribution in [3.63, 3.8) is 0 Å². The summed E-state index contributed by atoms with van der Waals surface area (Å²) >= 11 is 15.2. The number of carbonyl (C=O) groups is 2. The molecule has 3 nitrogen and oxygen atoms in total. The number of imide groups is 1. The van der Waals surface area contributed by atoms with Crippen molar-refractivity contribution in [2.45, 2.75) is 5.33 Å². The largest absolute Gasteiger partial charge is 0.268 e. The topological polar surface area (TPSA) is 37.4 Å². The van der Waals surface area contributed by atoms with Crippen molar-refractivity contribution >= 4 is 56.6 Å². The van der Waals surface area contributed by atoms with Crippen molar-refractivity contribution in [1.29, 1.82) is 0 Å². The second kappa shape index (κ2) is 5.44. The van der Waals surface area contributed by atoms with E-state index in [-0.39, 0.29) is 33.0 Å². The molecule has 0 aliphatic carbocycles. The van der Waals surface area contributed by atoms with Gasteiger partial charge in [0.2, 0.25) is 0 Å². The van der Waals surface area contributed by atoms with Crippen LogP contribution in [0.3, 0.4) is 0 Å². The van der Waals surface area contributed by atoms with E-state index in [1.54, 1.807) is 12.1 Å². The average molecular weight is 385 g/mol. The fraction of sp³-hybridized carbons (Fsp3) is 0.0667. The van der Waals surface area contributed by atoms with Gasteiger partial charge in [-0.05, 0) is 29.8 Å². The maximum Gasteiger partial charge on any atom is 0.266 e. The molecule has 2 aromatic rings. The number of hydrogen-bond acceptors (Lipinski definition) is 2. The predicted molar refractivity (Wildman–Crippen MR) is 86.7 cm³/mol. The van der Waals surface area contributed by atoms with E-state index >= 15 is 0 Å². The molecular weight excluding hydrogens is 377 g/mol. The summed E-state index contributed by atoms with van der Waals surface area (Å²) in [5.41, 5.74) is 2.14. The van der Waals surface area contributed by atoms with E-state index in [2.05, 4.69) is 15.9 Å². The SMILES string of the molecule is O=C1c2cc(Cl)c(Cl)cc2C(=O)N1c1ccc(CBr)cc1. The first-order valence-electron chi connectivity index (χ1n) is 6.05. The lowest BCUT2D eigenvalue weighted by Gasteiger charge is -2.14. The van der Waals surface area contributed by atoms with Crippen LogP contribution in [0.15, 0.2) is 36.4 Å². The molecule has 2 aromatic carbocycles. The van der Waals surface area contributed by atoms with Gasteiger partial charge in [-0.1, -0.05) is 51.3 Å². The summed E-state index contributed by atoms with van der Waals surface area (Å²) in [7, 11) is 0. The predicted octanol–water partition coefficient (Wildman–Crippen LogP) is 4.69. The summed E-state index contributed by atoms with van der Waals surface area (Å²) in [5, 5.41) is 1.22. The van der Waals surface area contributed by atoms with Gasteiger partial charge in [0.05, 0.1) is 26.9 Å². The molecule has 0 aromatic heterocycles. The number of rotatable bonds is 2. The summed E-state index contributed by atoms with van der Waals surface area (Å²) in [6.07, 6.45) is 0. The standard InChI is InChI=1S/C15H8BrCl2NO2/c16-7-8-1-3-9(4-2-8)19-14(20)10-5-12(17)13(18)6-11(10)15(19)21/h1-6H,7H2. The fourth-order valence-corrected chi connectivity index (χ4v) is 2.90. The first kappa shape index (κ1) is 14.6. The lowest BCUT2D eigenvalue weighted by molar-refractivity contribution is 0.0926. The molecule has 0 radical (unpaired) electrons. The molecule has 0 bridgehead atoms. The van der Waals surface area contributed by atoms with E-state index in [4.69, 9.17) is 23.2 Å². The van der Waals surface area contributed by atoms with Gasteiger partial charge in [-0.25, -0.2) is 4.90 Å². The number of benzene rings is 2. The molecule has 21 heavy (non-hydrogen) atoms. The highest BCUT2D eigenvalue weighted by Gasteiger charge is 2.37. The second-order valence-electron chi connectivity index (χ2n) is 4.56. The molecule has 1 heterocycles. The van der Waals surface area contributed by atoms with Gasteiger partial charge in [0.25, 0.3) is 11.8 Å². The van der Waals surface area contributed by atoms with Crippen molar-refractivity contribution < 1.29 is 9.59 Å². The lowest BCUT2D eigenvalue weighted by Crippen LogP contribution is -2.29. The van der Waals surface area contributed by atoms with Gasteiger partial charge in [-0.15, -0.1) is 0 Å². The Bertz CT molecular complexity index is 718. The van der Waals surface area contributed by atoms with Gasteiger partial charge >= 0.3 is 0 Å². The number of carbonyl (C=O) groups excluding carboxylic acids is 2. The molecule has 0 saturated heterocycles. The number of amides is 2. The molecule has 0 unspecified atom stereocenters. The van der Waals surface area contributed by atoms with Crippen molar-refractivity contribution in [3.8, 4) is 0 Å². The molecule has 1 aliphatic heterocycles. The van der Waals surface area contributed by atoms with Crippen molar-refractivity contribution in [1.82, 2.24) is 0 Å². The molecule has 106 valence electrons. The minimum absolute atomic E-state index is 0.257. The Morgan fingerprint density at radius 3 is 1.81 bits per heavy atom. The zero-order chi connectivity index (χ0) is 15.1. The second-order valence-corrected chi connectivity index (χ2v) is 5.93. The highest BCUT2D eigenvalue weighted by Crippen LogP contribution is 2.34. The van der Waals surface area contributed by atoms with Crippen LogP contribution in [0.5, 0.6) is 0 Å². The average Bonchev–Trinajstić information content (AvgIpc) is 2.72. The number of fused-ring (bicyclic) bond motifs is 1. The van der Waals surface area contributed by atoms with Gasteiger partial charge in [0.15, 0.2) is 0 Å². The molecule has 0 spiro atoms. The van der Waals surface area contributed by atoms with Crippen molar-refractivity contribution in [2.24, 2.45) is 0 Å². The quantitative estimate of drug-likeness (QED) is 0.556. The summed E-state index contributed by atoms with van der Waals surface area (Å²) in [6.45, 7) is 0. The van der Waals surface area contributed by atoms with Gasteiger partial charge < -0.3 is 0 Å². The molecule has 3 rings (SSSR count). The van der Waals surface area contributed by atoms with Crippen LogP contribution in [-0.2, 0) is 5.33 Å². The smallest absolute Gasteiger partial charge is 0.266 e. The number of halogens is 3. The molecule has 6 heteroatoms. The number of nitrogens with zero attached hydrogens (tertiary/aromatic N) is 1. The van der Waals surface area contributed by atoms with Crippen LogP contribution in [-0.4, -0.2) is 11.8 Å². The first-order valence-corrected chi connectivity index (χ1v) is 7.93. The maximum absolute atomic E-state index is 12.4. The van der Waals surface area contributed by atoms with Crippen LogP contribution < -0.4 is 4.90 Å². The number of anilines is 1. The minimum Gasteiger partial charge on any atom is -0.268 e. The van der Waals surface area contributed by atoms with Crippen LogP contribution in [0.2, 0.25) is 10.0 Å². The van der Waals surface area contributed by atoms with Crippen LogP contribution in [0, 0.1) is 0 Å². The lowest BCUT2D eigenvalue weighted by atomic mass is 10.1. The Labute approximate surface area is 139 Å². The van der Waals surface area contributed by atoms with E-state index in [1.807, 2.05) is 12.1 Å². The van der Waals surface area contributed by atoms with Gasteiger partial charge in [0, 0.05) is 5.33 Å². The molecule has 0 N–H and O–H groups in total. The van der Waals surface area contributed by atoms with Crippen molar-refractivity contribution in [2.75, 3.05) is 4.90 Å². The molecule has 2 amide bonds. The Hall–Kier alpha value is -1.36. The molecule has 0 saturated carbocycles. The van der Waals surface area contributed by atoms with E-state index in [9.17, 15) is 9.59 Å².